The van der Waals surface area contributed by atoms with Crippen LogP contribution in [0.1, 0.15) is 5.69 Å². The molecular weight excluding hydrogens is 341 g/mol. The molecule has 108 valence electrons. The molecule has 0 spiro atoms. The average Bonchev–Trinajstić information content (AvgIpc) is 2.38. The van der Waals surface area contributed by atoms with Crippen molar-refractivity contribution in [1.82, 2.24) is 10.3 Å². The van der Waals surface area contributed by atoms with Crippen molar-refractivity contribution < 1.29 is 22.7 Å². The Balaban J connectivity index is 2.17. The van der Waals surface area contributed by atoms with Gasteiger partial charge >= 0.3 is 12.1 Å². The number of aromatic nitrogens is 1. The fourth-order valence-electron chi connectivity index (χ4n) is 1.04. The Kier molecular flexibility index (Phi) is 6.48. The molecule has 0 aliphatic carbocycles. The zero-order chi connectivity index (χ0) is 15.0. The maximum absolute atomic E-state index is 11.8. The summed E-state index contributed by atoms with van der Waals surface area (Å²) in [5.74, 6) is 3.40. The van der Waals surface area contributed by atoms with Crippen LogP contribution in [-0.4, -0.2) is 36.8 Å². The van der Waals surface area contributed by atoms with Gasteiger partial charge in [0.05, 0.1) is 6.61 Å². The molecule has 20 heavy (non-hydrogen) atoms. The monoisotopic (exact) mass is 350 g/mol. The topological polar surface area (TPSA) is 51.2 Å². The van der Waals surface area contributed by atoms with Crippen molar-refractivity contribution in [2.24, 2.45) is 0 Å². The lowest BCUT2D eigenvalue weighted by atomic mass is 10.3. The van der Waals surface area contributed by atoms with Crippen LogP contribution in [-0.2, 0) is 9.53 Å². The third kappa shape index (κ3) is 6.54. The molecule has 0 aromatic carbocycles. The molecule has 0 fully saturated rings. The second kappa shape index (κ2) is 7.87. The number of rotatable bonds is 4. The van der Waals surface area contributed by atoms with E-state index in [0.717, 1.165) is 4.47 Å². The highest BCUT2D eigenvalue weighted by Gasteiger charge is 2.38. The minimum Gasteiger partial charge on any atom is -0.367 e. The summed E-state index contributed by atoms with van der Waals surface area (Å²) in [4.78, 5) is 14.4. The summed E-state index contributed by atoms with van der Waals surface area (Å²) >= 11 is 3.23. The van der Waals surface area contributed by atoms with Gasteiger partial charge in [-0.1, -0.05) is 5.92 Å². The number of hydrogen-bond donors (Lipinski definition) is 1. The van der Waals surface area contributed by atoms with Gasteiger partial charge in [-0.3, -0.25) is 4.79 Å². The molecule has 0 saturated heterocycles. The highest BCUT2D eigenvalue weighted by atomic mass is 79.9. The lowest BCUT2D eigenvalue weighted by Crippen LogP contribution is -2.38. The first-order valence-electron chi connectivity index (χ1n) is 5.43. The molecule has 0 aliphatic rings. The molecule has 1 amide bonds. The van der Waals surface area contributed by atoms with E-state index >= 15 is 0 Å². The van der Waals surface area contributed by atoms with E-state index in [2.05, 4.69) is 32.8 Å². The van der Waals surface area contributed by atoms with Crippen LogP contribution in [0, 0.1) is 11.8 Å². The predicted molar refractivity (Wildman–Crippen MR) is 68.7 cm³/mol. The molecule has 0 unspecified atom stereocenters. The van der Waals surface area contributed by atoms with Crippen molar-refractivity contribution >= 4 is 21.8 Å². The molecule has 0 aliphatic heterocycles. The number of carbonyl (C=O) groups is 1. The van der Waals surface area contributed by atoms with E-state index in [1.54, 1.807) is 23.6 Å². The summed E-state index contributed by atoms with van der Waals surface area (Å²) in [6.45, 7) is -0.236. The van der Waals surface area contributed by atoms with Crippen molar-refractivity contribution in [2.75, 3.05) is 19.8 Å². The Morgan fingerprint density at radius 3 is 2.80 bits per heavy atom. The smallest absolute Gasteiger partial charge is 0.367 e. The van der Waals surface area contributed by atoms with Crippen LogP contribution in [0.2, 0.25) is 0 Å². The highest BCUT2D eigenvalue weighted by Crippen LogP contribution is 2.13. The average molecular weight is 351 g/mol. The molecule has 4 nitrogen and oxygen atoms in total. The van der Waals surface area contributed by atoms with Gasteiger partial charge in [0, 0.05) is 17.2 Å². The van der Waals surface area contributed by atoms with Gasteiger partial charge in [0.25, 0.3) is 0 Å². The van der Waals surface area contributed by atoms with Gasteiger partial charge in [-0.15, -0.1) is 0 Å². The summed E-state index contributed by atoms with van der Waals surface area (Å²) in [5.41, 5.74) is 0.558. The molecule has 1 heterocycles. The molecule has 8 heteroatoms. The third-order valence-corrected chi connectivity index (χ3v) is 2.38. The molecule has 0 radical (unpaired) electrons. The number of ether oxygens (including phenoxy) is 1. The summed E-state index contributed by atoms with van der Waals surface area (Å²) in [6, 6.07) is 3.49. The van der Waals surface area contributed by atoms with Gasteiger partial charge < -0.3 is 10.1 Å². The lowest BCUT2D eigenvalue weighted by molar-refractivity contribution is -0.173. The number of nitrogens with one attached hydrogen (secondary N) is 1. The number of pyridine rings is 1. The van der Waals surface area contributed by atoms with E-state index < -0.39 is 12.1 Å². The molecule has 1 aromatic rings. The fraction of sp³-hybridized carbons (Fsp3) is 0.333. The van der Waals surface area contributed by atoms with Crippen LogP contribution < -0.4 is 5.32 Å². The second-order valence-electron chi connectivity index (χ2n) is 3.47. The van der Waals surface area contributed by atoms with Gasteiger partial charge in [0.1, 0.15) is 12.3 Å². The van der Waals surface area contributed by atoms with E-state index in [1.165, 1.54) is 0 Å². The maximum atomic E-state index is 11.8. The summed E-state index contributed by atoms with van der Waals surface area (Å²) in [7, 11) is 0. The zero-order valence-electron chi connectivity index (χ0n) is 10.1. The first kappa shape index (κ1) is 16.5. The number of nitrogens with zero attached hydrogens (tertiary/aromatic N) is 1. The van der Waals surface area contributed by atoms with Gasteiger partial charge in [0.15, 0.2) is 0 Å². The van der Waals surface area contributed by atoms with Crippen molar-refractivity contribution in [1.29, 1.82) is 0 Å². The van der Waals surface area contributed by atoms with Gasteiger partial charge in [0.2, 0.25) is 0 Å². The number of halogens is 4. The van der Waals surface area contributed by atoms with Crippen molar-refractivity contribution in [3.63, 3.8) is 0 Å². The number of alkyl halides is 3. The Labute approximate surface area is 121 Å². The van der Waals surface area contributed by atoms with E-state index in [1.807, 2.05) is 0 Å². The minimum atomic E-state index is -4.87. The highest BCUT2D eigenvalue weighted by molar-refractivity contribution is 9.10. The molecule has 1 rings (SSSR count). The summed E-state index contributed by atoms with van der Waals surface area (Å²) in [6.07, 6.45) is -3.27. The fourth-order valence-corrected chi connectivity index (χ4v) is 1.27. The SMILES string of the molecule is O=C(NCCOCC#Cc1ccc(Br)cn1)C(F)(F)F. The molecule has 0 bridgehead atoms. The number of carbonyl (C=O) groups excluding carboxylic acids is 1. The Morgan fingerprint density at radius 1 is 1.45 bits per heavy atom. The van der Waals surface area contributed by atoms with E-state index in [9.17, 15) is 18.0 Å². The Bertz CT molecular complexity index is 506. The Hall–Kier alpha value is -1.59. The minimum absolute atomic E-state index is 0.0413. The van der Waals surface area contributed by atoms with Crippen LogP contribution in [0.3, 0.4) is 0 Å². The first-order chi connectivity index (χ1) is 9.39. The Morgan fingerprint density at radius 2 is 2.20 bits per heavy atom. The summed E-state index contributed by atoms with van der Waals surface area (Å²) in [5, 5.41) is 1.68. The standard InChI is InChI=1S/C12H10BrF3N2O2/c13-9-3-4-10(18-8-9)2-1-6-20-7-5-17-11(19)12(14,15)16/h3-4,8H,5-7H2,(H,17,19). The van der Waals surface area contributed by atoms with Crippen LogP contribution >= 0.6 is 15.9 Å². The van der Waals surface area contributed by atoms with Crippen molar-refractivity contribution in [3.8, 4) is 11.8 Å². The normalized spacial score (nSPS) is 10.6. The van der Waals surface area contributed by atoms with Crippen LogP contribution in [0.4, 0.5) is 13.2 Å². The number of hydrogen-bond acceptors (Lipinski definition) is 3. The van der Waals surface area contributed by atoms with Gasteiger partial charge in [-0.2, -0.15) is 13.2 Å². The van der Waals surface area contributed by atoms with Crippen LogP contribution in [0.25, 0.3) is 0 Å². The second-order valence-corrected chi connectivity index (χ2v) is 4.39. The first-order valence-corrected chi connectivity index (χ1v) is 6.22. The zero-order valence-corrected chi connectivity index (χ0v) is 11.7. The molecule has 1 aromatic heterocycles. The molecule has 1 N–H and O–H groups in total. The van der Waals surface area contributed by atoms with Crippen LogP contribution in [0.15, 0.2) is 22.8 Å². The quantitative estimate of drug-likeness (QED) is 0.666. The largest absolute Gasteiger partial charge is 0.471 e. The predicted octanol–water partition coefficient (Wildman–Crippen LogP) is 1.89. The maximum Gasteiger partial charge on any atom is 0.471 e. The molecular formula is C12H10BrF3N2O2. The third-order valence-electron chi connectivity index (χ3n) is 1.91. The van der Waals surface area contributed by atoms with Gasteiger partial charge in [-0.05, 0) is 34.0 Å². The molecule has 0 saturated carbocycles. The van der Waals surface area contributed by atoms with Crippen molar-refractivity contribution in [3.05, 3.63) is 28.5 Å². The van der Waals surface area contributed by atoms with Gasteiger partial charge in [-0.25, -0.2) is 4.98 Å². The van der Waals surface area contributed by atoms with E-state index in [-0.39, 0.29) is 19.8 Å². The number of amides is 1. The van der Waals surface area contributed by atoms with E-state index in [0.29, 0.717) is 5.69 Å². The van der Waals surface area contributed by atoms with Crippen LogP contribution in [0.5, 0.6) is 0 Å². The van der Waals surface area contributed by atoms with Crippen molar-refractivity contribution in [2.45, 2.75) is 6.18 Å². The molecule has 0 atom stereocenters. The lowest BCUT2D eigenvalue weighted by Gasteiger charge is -2.06. The summed E-state index contributed by atoms with van der Waals surface area (Å²) < 4.78 is 41.2. The van der Waals surface area contributed by atoms with E-state index in [4.69, 9.17) is 4.74 Å².